The highest BCUT2D eigenvalue weighted by Crippen LogP contribution is 2.37. The number of benzene rings is 1. The molecule has 6 nitrogen and oxygen atoms in total. The lowest BCUT2D eigenvalue weighted by Crippen LogP contribution is -2.48. The average molecular weight is 272 g/mol. The zero-order chi connectivity index (χ0) is 14.5. The standard InChI is InChI=1S/C14H16N4O2/c1-7-11(17-18-13(20)15-7)8-4-5-10-9(6-8)14(2,3)12(19)16-10/h4-7H,1-3H3,(H,16,19)(H2,15,18,20). The Morgan fingerprint density at radius 3 is 2.70 bits per heavy atom. The second kappa shape index (κ2) is 4.06. The molecule has 0 saturated heterocycles. The fraction of sp³-hybridized carbons (Fsp3) is 0.357. The summed E-state index contributed by atoms with van der Waals surface area (Å²) < 4.78 is 0. The number of nitrogens with zero attached hydrogens (tertiary/aromatic N) is 1. The second-order valence-electron chi connectivity index (χ2n) is 5.64. The molecule has 0 aliphatic carbocycles. The molecule has 6 heteroatoms. The Hall–Kier alpha value is -2.37. The lowest BCUT2D eigenvalue weighted by atomic mass is 9.84. The molecule has 1 aromatic rings. The Bertz CT molecular complexity index is 649. The van der Waals surface area contributed by atoms with Gasteiger partial charge in [0.05, 0.1) is 17.2 Å². The zero-order valence-corrected chi connectivity index (χ0v) is 11.6. The maximum atomic E-state index is 11.9. The predicted octanol–water partition coefficient (Wildman–Crippen LogP) is 1.32. The summed E-state index contributed by atoms with van der Waals surface area (Å²) in [6, 6.07) is 5.26. The molecule has 0 aromatic heterocycles. The Morgan fingerprint density at radius 1 is 1.25 bits per heavy atom. The third-order valence-electron chi connectivity index (χ3n) is 3.84. The van der Waals surface area contributed by atoms with E-state index in [0.717, 1.165) is 22.5 Å². The normalized spacial score (nSPS) is 23.4. The van der Waals surface area contributed by atoms with Crippen LogP contribution in [0.2, 0.25) is 0 Å². The average Bonchev–Trinajstić information content (AvgIpc) is 2.60. The Morgan fingerprint density at radius 2 is 2.00 bits per heavy atom. The molecule has 0 radical (unpaired) electrons. The van der Waals surface area contributed by atoms with E-state index in [0.29, 0.717) is 0 Å². The Kier molecular flexibility index (Phi) is 2.57. The van der Waals surface area contributed by atoms with Crippen molar-refractivity contribution in [3.05, 3.63) is 29.3 Å². The second-order valence-corrected chi connectivity index (χ2v) is 5.64. The number of hydrogen-bond donors (Lipinski definition) is 3. The van der Waals surface area contributed by atoms with Gasteiger partial charge in [0.2, 0.25) is 5.91 Å². The summed E-state index contributed by atoms with van der Waals surface area (Å²) in [6.45, 7) is 5.66. The van der Waals surface area contributed by atoms with Gasteiger partial charge in [-0.3, -0.25) is 4.79 Å². The minimum Gasteiger partial charge on any atom is -0.328 e. The molecule has 1 aromatic carbocycles. The van der Waals surface area contributed by atoms with Crippen LogP contribution in [0.15, 0.2) is 23.3 Å². The number of nitrogens with one attached hydrogen (secondary N) is 3. The summed E-state index contributed by atoms with van der Waals surface area (Å²) >= 11 is 0. The molecule has 1 unspecified atom stereocenters. The Labute approximate surface area is 116 Å². The van der Waals surface area contributed by atoms with Crippen LogP contribution < -0.4 is 16.1 Å². The van der Waals surface area contributed by atoms with Crippen LogP contribution in [0.25, 0.3) is 0 Å². The van der Waals surface area contributed by atoms with Gasteiger partial charge in [-0.15, -0.1) is 0 Å². The summed E-state index contributed by atoms with van der Waals surface area (Å²) in [5.74, 6) is -0.00490. The van der Waals surface area contributed by atoms with Crippen LogP contribution in [0, 0.1) is 0 Å². The molecular formula is C14H16N4O2. The van der Waals surface area contributed by atoms with Gasteiger partial charge < -0.3 is 10.6 Å². The van der Waals surface area contributed by atoms with E-state index < -0.39 is 5.41 Å². The monoisotopic (exact) mass is 272 g/mol. The van der Waals surface area contributed by atoms with Crippen molar-refractivity contribution in [2.24, 2.45) is 5.10 Å². The van der Waals surface area contributed by atoms with E-state index in [1.165, 1.54) is 0 Å². The third kappa shape index (κ3) is 1.76. The molecule has 2 aliphatic rings. The van der Waals surface area contributed by atoms with Gasteiger partial charge in [0, 0.05) is 11.3 Å². The van der Waals surface area contributed by atoms with Crippen molar-refractivity contribution in [1.82, 2.24) is 10.7 Å². The van der Waals surface area contributed by atoms with Gasteiger partial charge in [-0.25, -0.2) is 10.2 Å². The van der Waals surface area contributed by atoms with Gasteiger partial charge in [-0.05, 0) is 38.5 Å². The van der Waals surface area contributed by atoms with E-state index in [2.05, 4.69) is 21.2 Å². The number of amides is 3. The highest BCUT2D eigenvalue weighted by atomic mass is 16.2. The van der Waals surface area contributed by atoms with Gasteiger partial charge in [0.15, 0.2) is 0 Å². The third-order valence-corrected chi connectivity index (χ3v) is 3.84. The summed E-state index contributed by atoms with van der Waals surface area (Å²) in [7, 11) is 0. The van der Waals surface area contributed by atoms with Crippen molar-refractivity contribution >= 4 is 23.3 Å². The minimum absolute atomic E-state index is 0.00490. The molecule has 3 N–H and O–H groups in total. The molecule has 0 spiro atoms. The summed E-state index contributed by atoms with van der Waals surface area (Å²) in [5, 5.41) is 9.74. The van der Waals surface area contributed by atoms with E-state index in [9.17, 15) is 9.59 Å². The van der Waals surface area contributed by atoms with Crippen molar-refractivity contribution in [2.75, 3.05) is 5.32 Å². The maximum absolute atomic E-state index is 11.9. The SMILES string of the molecule is CC1NC(=O)NN=C1c1ccc2c(c1)C(C)(C)C(=O)N2. The molecule has 3 rings (SSSR count). The Balaban J connectivity index is 2.05. The zero-order valence-electron chi connectivity index (χ0n) is 11.6. The molecule has 3 amide bonds. The topological polar surface area (TPSA) is 82.6 Å². The maximum Gasteiger partial charge on any atom is 0.335 e. The van der Waals surface area contributed by atoms with Crippen molar-refractivity contribution in [1.29, 1.82) is 0 Å². The number of carbonyl (C=O) groups excluding carboxylic acids is 2. The van der Waals surface area contributed by atoms with Crippen LogP contribution in [0.1, 0.15) is 31.9 Å². The van der Waals surface area contributed by atoms with Crippen LogP contribution in [-0.2, 0) is 10.2 Å². The van der Waals surface area contributed by atoms with E-state index in [1.54, 1.807) is 0 Å². The van der Waals surface area contributed by atoms with Crippen LogP contribution >= 0.6 is 0 Å². The summed E-state index contributed by atoms with van der Waals surface area (Å²) in [5.41, 5.74) is 5.30. The van der Waals surface area contributed by atoms with Crippen LogP contribution in [0.3, 0.4) is 0 Å². The van der Waals surface area contributed by atoms with E-state index in [1.807, 2.05) is 39.0 Å². The van der Waals surface area contributed by atoms with Crippen LogP contribution in [0.5, 0.6) is 0 Å². The number of hydrazone groups is 1. The highest BCUT2D eigenvalue weighted by molar-refractivity contribution is 6.10. The van der Waals surface area contributed by atoms with Gasteiger partial charge in [0.1, 0.15) is 0 Å². The van der Waals surface area contributed by atoms with Gasteiger partial charge in [0.25, 0.3) is 0 Å². The fourth-order valence-corrected chi connectivity index (χ4v) is 2.55. The molecular weight excluding hydrogens is 256 g/mol. The number of carbonyl (C=O) groups is 2. The van der Waals surface area contributed by atoms with E-state index in [4.69, 9.17) is 0 Å². The van der Waals surface area contributed by atoms with E-state index in [-0.39, 0.29) is 18.0 Å². The largest absolute Gasteiger partial charge is 0.335 e. The lowest BCUT2D eigenvalue weighted by Gasteiger charge is -2.22. The first kappa shape index (κ1) is 12.7. The predicted molar refractivity (Wildman–Crippen MR) is 75.8 cm³/mol. The molecule has 1 atom stereocenters. The quantitative estimate of drug-likeness (QED) is 0.720. The van der Waals surface area contributed by atoms with Gasteiger partial charge >= 0.3 is 6.03 Å². The molecule has 0 bridgehead atoms. The van der Waals surface area contributed by atoms with Crippen LogP contribution in [0.4, 0.5) is 10.5 Å². The summed E-state index contributed by atoms with van der Waals surface area (Å²) in [4.78, 5) is 23.1. The number of rotatable bonds is 1. The fourth-order valence-electron chi connectivity index (χ4n) is 2.55. The van der Waals surface area contributed by atoms with Crippen molar-refractivity contribution in [2.45, 2.75) is 32.2 Å². The summed E-state index contributed by atoms with van der Waals surface area (Å²) in [6.07, 6.45) is 0. The minimum atomic E-state index is -0.555. The van der Waals surface area contributed by atoms with Crippen LogP contribution in [-0.4, -0.2) is 23.7 Å². The van der Waals surface area contributed by atoms with Crippen molar-refractivity contribution < 1.29 is 9.59 Å². The smallest absolute Gasteiger partial charge is 0.328 e. The first-order chi connectivity index (χ1) is 9.39. The molecule has 104 valence electrons. The number of anilines is 1. The van der Waals surface area contributed by atoms with Gasteiger partial charge in [-0.2, -0.15) is 5.10 Å². The number of hydrogen-bond acceptors (Lipinski definition) is 3. The van der Waals surface area contributed by atoms with Gasteiger partial charge in [-0.1, -0.05) is 6.07 Å². The molecule has 2 aliphatic heterocycles. The first-order valence-corrected chi connectivity index (χ1v) is 6.50. The lowest BCUT2D eigenvalue weighted by molar-refractivity contribution is -0.119. The molecule has 2 heterocycles. The molecule has 20 heavy (non-hydrogen) atoms. The molecule has 0 fully saturated rings. The van der Waals surface area contributed by atoms with Crippen molar-refractivity contribution in [3.63, 3.8) is 0 Å². The number of urea groups is 1. The first-order valence-electron chi connectivity index (χ1n) is 6.50. The molecule has 0 saturated carbocycles. The van der Waals surface area contributed by atoms with E-state index >= 15 is 0 Å². The highest BCUT2D eigenvalue weighted by Gasteiger charge is 2.38. The van der Waals surface area contributed by atoms with Crippen molar-refractivity contribution in [3.8, 4) is 0 Å². The number of fused-ring (bicyclic) bond motifs is 1.